The van der Waals surface area contributed by atoms with Crippen molar-refractivity contribution in [1.29, 1.82) is 0 Å². The van der Waals surface area contributed by atoms with Gasteiger partial charge in [0.25, 0.3) is 0 Å². The molecular formula is C9H14N2O2. The van der Waals surface area contributed by atoms with Crippen LogP contribution in [0, 0.1) is 5.41 Å². The molecule has 2 aliphatic carbocycles. The summed E-state index contributed by atoms with van der Waals surface area (Å²) in [6.45, 7) is 0. The fourth-order valence-corrected chi connectivity index (χ4v) is 1.47. The van der Waals surface area contributed by atoms with Gasteiger partial charge in [-0.25, -0.2) is 0 Å². The monoisotopic (exact) mass is 182 g/mol. The third kappa shape index (κ3) is 1.41. The molecule has 0 radical (unpaired) electrons. The quantitative estimate of drug-likeness (QED) is 0.593. The Labute approximate surface area is 77.1 Å². The van der Waals surface area contributed by atoms with E-state index in [4.69, 9.17) is 0 Å². The zero-order chi connectivity index (χ0) is 9.47. The summed E-state index contributed by atoms with van der Waals surface area (Å²) >= 11 is 0. The predicted molar refractivity (Wildman–Crippen MR) is 46.9 cm³/mol. The van der Waals surface area contributed by atoms with E-state index < -0.39 is 5.41 Å². The van der Waals surface area contributed by atoms with Crippen molar-refractivity contribution in [3.8, 4) is 0 Å². The lowest BCUT2D eigenvalue weighted by Crippen LogP contribution is -2.42. The molecule has 2 N–H and O–H groups in total. The van der Waals surface area contributed by atoms with E-state index in [1.807, 2.05) is 0 Å². The summed E-state index contributed by atoms with van der Waals surface area (Å²) in [4.78, 5) is 23.0. The number of amides is 2. The second kappa shape index (κ2) is 2.72. The summed E-state index contributed by atoms with van der Waals surface area (Å²) in [6.07, 6.45) is 3.53. The van der Waals surface area contributed by atoms with Gasteiger partial charge >= 0.3 is 0 Å². The smallest absolute Gasteiger partial charge is 0.235 e. The van der Waals surface area contributed by atoms with Gasteiger partial charge < -0.3 is 10.6 Å². The molecule has 0 atom stereocenters. The van der Waals surface area contributed by atoms with Gasteiger partial charge in [-0.15, -0.1) is 0 Å². The summed E-state index contributed by atoms with van der Waals surface area (Å²) in [6, 6.07) is 0.342. The zero-order valence-electron chi connectivity index (χ0n) is 7.72. The number of nitrogens with one attached hydrogen (secondary N) is 2. The average molecular weight is 182 g/mol. The van der Waals surface area contributed by atoms with Gasteiger partial charge in [-0.2, -0.15) is 0 Å². The lowest BCUT2D eigenvalue weighted by Gasteiger charge is -2.12. The second-order valence-corrected chi connectivity index (χ2v) is 3.91. The van der Waals surface area contributed by atoms with Gasteiger partial charge in [0.1, 0.15) is 5.41 Å². The summed E-state index contributed by atoms with van der Waals surface area (Å²) in [5, 5.41) is 5.41. The summed E-state index contributed by atoms with van der Waals surface area (Å²) in [5.74, 6) is -0.208. The molecule has 4 nitrogen and oxygen atoms in total. The first-order valence-corrected chi connectivity index (χ1v) is 4.72. The first-order chi connectivity index (χ1) is 6.19. The fraction of sp³-hybridized carbons (Fsp3) is 0.778. The fourth-order valence-electron chi connectivity index (χ4n) is 1.47. The number of carbonyl (C=O) groups excluding carboxylic acids is 2. The normalized spacial score (nSPS) is 23.5. The molecule has 4 heteroatoms. The Morgan fingerprint density at radius 1 is 1.23 bits per heavy atom. The Bertz CT molecular complexity index is 254. The molecule has 2 amide bonds. The molecular weight excluding hydrogens is 168 g/mol. The van der Waals surface area contributed by atoms with Crippen LogP contribution in [0.15, 0.2) is 0 Å². The number of hydrogen-bond donors (Lipinski definition) is 2. The van der Waals surface area contributed by atoms with Crippen molar-refractivity contribution in [2.45, 2.75) is 31.7 Å². The van der Waals surface area contributed by atoms with Crippen LogP contribution in [0.3, 0.4) is 0 Å². The van der Waals surface area contributed by atoms with E-state index in [1.165, 1.54) is 0 Å². The average Bonchev–Trinajstić information content (AvgIpc) is 2.96. The summed E-state index contributed by atoms with van der Waals surface area (Å²) in [5.41, 5.74) is -0.711. The van der Waals surface area contributed by atoms with Crippen molar-refractivity contribution in [1.82, 2.24) is 10.6 Å². The molecule has 0 aromatic rings. The van der Waals surface area contributed by atoms with Crippen molar-refractivity contribution >= 4 is 11.8 Å². The van der Waals surface area contributed by atoms with Gasteiger partial charge in [-0.3, -0.25) is 9.59 Å². The third-order valence-corrected chi connectivity index (χ3v) is 2.76. The van der Waals surface area contributed by atoms with E-state index in [0.29, 0.717) is 18.9 Å². The Kier molecular flexibility index (Phi) is 1.78. The van der Waals surface area contributed by atoms with Crippen LogP contribution in [0.1, 0.15) is 25.7 Å². The van der Waals surface area contributed by atoms with Gasteiger partial charge in [-0.05, 0) is 25.7 Å². The molecule has 0 saturated heterocycles. The van der Waals surface area contributed by atoms with Gasteiger partial charge in [0.15, 0.2) is 0 Å². The van der Waals surface area contributed by atoms with Gasteiger partial charge in [0.2, 0.25) is 11.8 Å². The maximum atomic E-state index is 11.6. The minimum atomic E-state index is -0.711. The van der Waals surface area contributed by atoms with Gasteiger partial charge in [0, 0.05) is 13.1 Å². The standard InChI is InChI=1S/C9H14N2O2/c1-10-7(12)9(4-5-9)8(13)11-6-2-3-6/h6H,2-5H2,1H3,(H,10,12)(H,11,13). The lowest BCUT2D eigenvalue weighted by molar-refractivity contribution is -0.136. The largest absolute Gasteiger partial charge is 0.358 e. The molecule has 2 saturated carbocycles. The van der Waals surface area contributed by atoms with Crippen molar-refractivity contribution in [3.05, 3.63) is 0 Å². The molecule has 72 valence electrons. The molecule has 2 rings (SSSR count). The summed E-state index contributed by atoms with van der Waals surface area (Å²) < 4.78 is 0. The minimum Gasteiger partial charge on any atom is -0.358 e. The van der Waals surface area contributed by atoms with Crippen LogP contribution in [0.4, 0.5) is 0 Å². The number of hydrogen-bond acceptors (Lipinski definition) is 2. The van der Waals surface area contributed by atoms with Crippen LogP contribution in [0.5, 0.6) is 0 Å². The highest BCUT2D eigenvalue weighted by Crippen LogP contribution is 2.46. The molecule has 0 heterocycles. The van der Waals surface area contributed by atoms with Crippen molar-refractivity contribution < 1.29 is 9.59 Å². The van der Waals surface area contributed by atoms with Crippen LogP contribution in [-0.2, 0) is 9.59 Å². The Morgan fingerprint density at radius 2 is 1.85 bits per heavy atom. The van der Waals surface area contributed by atoms with Crippen molar-refractivity contribution in [2.75, 3.05) is 7.05 Å². The van der Waals surface area contributed by atoms with Crippen LogP contribution in [0.25, 0.3) is 0 Å². The first kappa shape index (κ1) is 8.53. The topological polar surface area (TPSA) is 58.2 Å². The van der Waals surface area contributed by atoms with Crippen LogP contribution in [0.2, 0.25) is 0 Å². The highest BCUT2D eigenvalue weighted by molar-refractivity contribution is 6.07. The first-order valence-electron chi connectivity index (χ1n) is 4.72. The molecule has 0 aromatic heterocycles. The summed E-state index contributed by atoms with van der Waals surface area (Å²) in [7, 11) is 1.58. The van der Waals surface area contributed by atoms with E-state index in [9.17, 15) is 9.59 Å². The number of carbonyl (C=O) groups is 2. The Balaban J connectivity index is 1.97. The highest BCUT2D eigenvalue weighted by atomic mass is 16.2. The molecule has 13 heavy (non-hydrogen) atoms. The van der Waals surface area contributed by atoms with Crippen LogP contribution < -0.4 is 10.6 Å². The zero-order valence-corrected chi connectivity index (χ0v) is 7.72. The van der Waals surface area contributed by atoms with Gasteiger partial charge in [0.05, 0.1) is 0 Å². The molecule has 0 spiro atoms. The predicted octanol–water partition coefficient (Wildman–Crippen LogP) is -0.209. The van der Waals surface area contributed by atoms with E-state index in [-0.39, 0.29) is 11.8 Å². The maximum Gasteiger partial charge on any atom is 0.235 e. The van der Waals surface area contributed by atoms with E-state index in [0.717, 1.165) is 12.8 Å². The van der Waals surface area contributed by atoms with Crippen molar-refractivity contribution in [3.63, 3.8) is 0 Å². The Hall–Kier alpha value is -1.06. The SMILES string of the molecule is CNC(=O)C1(C(=O)NC2CC2)CC1. The lowest BCUT2D eigenvalue weighted by atomic mass is 10.1. The Morgan fingerprint density at radius 3 is 2.23 bits per heavy atom. The number of rotatable bonds is 3. The van der Waals surface area contributed by atoms with Crippen molar-refractivity contribution in [2.24, 2.45) is 5.41 Å². The van der Waals surface area contributed by atoms with E-state index in [1.54, 1.807) is 7.05 Å². The van der Waals surface area contributed by atoms with Crippen LogP contribution >= 0.6 is 0 Å². The molecule has 2 fully saturated rings. The third-order valence-electron chi connectivity index (χ3n) is 2.76. The molecule has 0 unspecified atom stereocenters. The van der Waals surface area contributed by atoms with Crippen LogP contribution in [-0.4, -0.2) is 24.9 Å². The molecule has 0 bridgehead atoms. The maximum absolute atomic E-state index is 11.6. The molecule has 0 aliphatic heterocycles. The van der Waals surface area contributed by atoms with Gasteiger partial charge in [-0.1, -0.05) is 0 Å². The molecule has 0 aromatic carbocycles. The van der Waals surface area contributed by atoms with E-state index >= 15 is 0 Å². The van der Waals surface area contributed by atoms with E-state index in [2.05, 4.69) is 10.6 Å². The minimum absolute atomic E-state index is 0.0747. The molecule has 2 aliphatic rings. The highest BCUT2D eigenvalue weighted by Gasteiger charge is 2.56. The second-order valence-electron chi connectivity index (χ2n) is 3.91.